The predicted octanol–water partition coefficient (Wildman–Crippen LogP) is 3.90. The van der Waals surface area contributed by atoms with Gasteiger partial charge in [-0.1, -0.05) is 30.3 Å². The van der Waals surface area contributed by atoms with Crippen LogP contribution in [0.1, 0.15) is 17.3 Å². The van der Waals surface area contributed by atoms with Crippen LogP contribution in [0.25, 0.3) is 0 Å². The van der Waals surface area contributed by atoms with Crippen molar-refractivity contribution in [1.29, 1.82) is 0 Å². The maximum absolute atomic E-state index is 12.6. The normalized spacial score (nSPS) is 10.2. The lowest BCUT2D eigenvalue weighted by Gasteiger charge is -2.17. The van der Waals surface area contributed by atoms with Gasteiger partial charge in [-0.25, -0.2) is 9.97 Å². The highest BCUT2D eigenvalue weighted by molar-refractivity contribution is 6.05. The molecule has 3 aromatic rings. The van der Waals surface area contributed by atoms with Gasteiger partial charge < -0.3 is 15.0 Å². The van der Waals surface area contributed by atoms with Crippen LogP contribution in [0.4, 0.5) is 17.3 Å². The molecule has 132 valence electrons. The lowest BCUT2D eigenvalue weighted by molar-refractivity contribution is 0.0992. The Labute approximate surface area is 152 Å². The number of hydrogen-bond donors (Lipinski definition) is 1. The molecule has 0 fully saturated rings. The van der Waals surface area contributed by atoms with Crippen molar-refractivity contribution in [1.82, 2.24) is 9.97 Å². The molecular weight excluding hydrogens is 328 g/mol. The lowest BCUT2D eigenvalue weighted by Crippen LogP contribution is -2.26. The van der Waals surface area contributed by atoms with Crippen molar-refractivity contribution in [2.24, 2.45) is 0 Å². The third-order valence-electron chi connectivity index (χ3n) is 3.78. The summed E-state index contributed by atoms with van der Waals surface area (Å²) in [5.41, 5.74) is 2.00. The molecule has 0 unspecified atom stereocenters. The highest BCUT2D eigenvalue weighted by Crippen LogP contribution is 2.26. The molecule has 6 heteroatoms. The fraction of sp³-hybridized carbons (Fsp3) is 0.150. The molecule has 26 heavy (non-hydrogen) atoms. The van der Waals surface area contributed by atoms with Crippen LogP contribution in [0, 0.1) is 0 Å². The second-order valence-corrected chi connectivity index (χ2v) is 5.55. The Morgan fingerprint density at radius 1 is 1.04 bits per heavy atom. The summed E-state index contributed by atoms with van der Waals surface area (Å²) in [6, 6.07) is 17.0. The number of nitrogens with zero attached hydrogens (tertiary/aromatic N) is 3. The van der Waals surface area contributed by atoms with Crippen LogP contribution < -0.4 is 15.0 Å². The fourth-order valence-electron chi connectivity index (χ4n) is 2.44. The molecule has 0 aliphatic rings. The van der Waals surface area contributed by atoms with E-state index >= 15 is 0 Å². The van der Waals surface area contributed by atoms with Crippen LogP contribution in [0.15, 0.2) is 67.0 Å². The molecule has 0 radical (unpaired) electrons. The Morgan fingerprint density at radius 2 is 1.69 bits per heavy atom. The van der Waals surface area contributed by atoms with E-state index in [-0.39, 0.29) is 5.91 Å². The first-order valence-corrected chi connectivity index (χ1v) is 8.33. The van der Waals surface area contributed by atoms with Gasteiger partial charge in [-0.3, -0.25) is 4.79 Å². The van der Waals surface area contributed by atoms with E-state index in [9.17, 15) is 4.79 Å². The molecule has 0 saturated heterocycles. The van der Waals surface area contributed by atoms with Gasteiger partial charge in [-0.2, -0.15) is 0 Å². The van der Waals surface area contributed by atoms with Gasteiger partial charge >= 0.3 is 0 Å². The number of carbonyl (C=O) groups is 1. The van der Waals surface area contributed by atoms with E-state index in [1.54, 1.807) is 11.9 Å². The monoisotopic (exact) mass is 348 g/mol. The SMILES string of the molecule is CCOc1ccccc1Nc1ncc(C(=O)N(C)c2ccccc2)cn1. The number of para-hydroxylation sites is 3. The Kier molecular flexibility index (Phi) is 5.43. The van der Waals surface area contributed by atoms with Crippen LogP contribution >= 0.6 is 0 Å². The van der Waals surface area contributed by atoms with Crippen molar-refractivity contribution in [3.63, 3.8) is 0 Å². The molecule has 0 saturated carbocycles. The molecule has 2 aromatic carbocycles. The van der Waals surface area contributed by atoms with Gasteiger partial charge in [0, 0.05) is 25.1 Å². The standard InChI is InChI=1S/C20H20N4O2/c1-3-26-18-12-8-7-11-17(18)23-20-21-13-15(14-22-20)19(25)24(2)16-9-5-4-6-10-16/h4-14H,3H2,1-2H3,(H,21,22,23). The average Bonchev–Trinajstić information content (AvgIpc) is 2.70. The summed E-state index contributed by atoms with van der Waals surface area (Å²) in [6.45, 7) is 2.50. The second kappa shape index (κ2) is 8.11. The number of benzene rings is 2. The number of amides is 1. The number of anilines is 3. The van der Waals surface area contributed by atoms with Crippen molar-refractivity contribution in [3.8, 4) is 5.75 Å². The predicted molar refractivity (Wildman–Crippen MR) is 102 cm³/mol. The third-order valence-corrected chi connectivity index (χ3v) is 3.78. The average molecular weight is 348 g/mol. The Bertz CT molecular complexity index is 866. The maximum atomic E-state index is 12.6. The van der Waals surface area contributed by atoms with E-state index in [0.29, 0.717) is 18.1 Å². The fourth-order valence-corrected chi connectivity index (χ4v) is 2.44. The first kappa shape index (κ1) is 17.4. The molecule has 1 amide bonds. The lowest BCUT2D eigenvalue weighted by atomic mass is 10.2. The minimum Gasteiger partial charge on any atom is -0.492 e. The minimum absolute atomic E-state index is 0.169. The third kappa shape index (κ3) is 3.97. The Balaban J connectivity index is 1.74. The maximum Gasteiger partial charge on any atom is 0.261 e. The van der Waals surface area contributed by atoms with E-state index in [2.05, 4.69) is 15.3 Å². The second-order valence-electron chi connectivity index (χ2n) is 5.55. The summed E-state index contributed by atoms with van der Waals surface area (Å²) < 4.78 is 5.57. The van der Waals surface area contributed by atoms with Gasteiger partial charge in [0.25, 0.3) is 5.91 Å². The largest absolute Gasteiger partial charge is 0.492 e. The van der Waals surface area contributed by atoms with Crippen molar-refractivity contribution in [2.75, 3.05) is 23.9 Å². The molecule has 3 rings (SSSR count). The molecule has 0 aliphatic carbocycles. The van der Waals surface area contributed by atoms with Gasteiger partial charge in [0.2, 0.25) is 5.95 Å². The number of carbonyl (C=O) groups excluding carboxylic acids is 1. The molecule has 1 aromatic heterocycles. The molecular formula is C20H20N4O2. The van der Waals surface area contributed by atoms with E-state index in [1.165, 1.54) is 12.4 Å². The topological polar surface area (TPSA) is 67.3 Å². The van der Waals surface area contributed by atoms with Crippen LogP contribution in [-0.2, 0) is 0 Å². The number of aromatic nitrogens is 2. The summed E-state index contributed by atoms with van der Waals surface area (Å²) in [6.07, 6.45) is 3.03. The molecule has 0 spiro atoms. The molecule has 0 atom stereocenters. The zero-order valence-corrected chi connectivity index (χ0v) is 14.7. The first-order valence-electron chi connectivity index (χ1n) is 8.33. The number of hydrogen-bond acceptors (Lipinski definition) is 5. The summed E-state index contributed by atoms with van der Waals surface area (Å²) in [4.78, 5) is 22.6. The van der Waals surface area contributed by atoms with Crippen molar-refractivity contribution < 1.29 is 9.53 Å². The summed E-state index contributed by atoms with van der Waals surface area (Å²) in [5.74, 6) is 0.955. The zero-order chi connectivity index (χ0) is 18.4. The van der Waals surface area contributed by atoms with Crippen molar-refractivity contribution in [3.05, 3.63) is 72.6 Å². The summed E-state index contributed by atoms with van der Waals surface area (Å²) >= 11 is 0. The Morgan fingerprint density at radius 3 is 2.38 bits per heavy atom. The zero-order valence-electron chi connectivity index (χ0n) is 14.7. The Hall–Kier alpha value is -3.41. The highest BCUT2D eigenvalue weighted by Gasteiger charge is 2.14. The van der Waals surface area contributed by atoms with Crippen molar-refractivity contribution in [2.45, 2.75) is 6.92 Å². The van der Waals surface area contributed by atoms with Gasteiger partial charge in [-0.15, -0.1) is 0 Å². The van der Waals surface area contributed by atoms with Crippen LogP contribution in [0.2, 0.25) is 0 Å². The first-order chi connectivity index (χ1) is 12.7. The molecule has 1 N–H and O–H groups in total. The quantitative estimate of drug-likeness (QED) is 0.732. The van der Waals surface area contributed by atoms with Gasteiger partial charge in [-0.05, 0) is 31.2 Å². The van der Waals surface area contributed by atoms with Gasteiger partial charge in [0.05, 0.1) is 17.9 Å². The van der Waals surface area contributed by atoms with Crippen LogP contribution in [0.3, 0.4) is 0 Å². The minimum atomic E-state index is -0.169. The van der Waals surface area contributed by atoms with Crippen LogP contribution in [0.5, 0.6) is 5.75 Å². The summed E-state index contributed by atoms with van der Waals surface area (Å²) in [5, 5.41) is 3.11. The molecule has 0 aliphatic heterocycles. The number of ether oxygens (including phenoxy) is 1. The summed E-state index contributed by atoms with van der Waals surface area (Å²) in [7, 11) is 1.72. The molecule has 0 bridgehead atoms. The van der Waals surface area contributed by atoms with Crippen LogP contribution in [-0.4, -0.2) is 29.5 Å². The highest BCUT2D eigenvalue weighted by atomic mass is 16.5. The van der Waals surface area contributed by atoms with Crippen molar-refractivity contribution >= 4 is 23.2 Å². The number of rotatable bonds is 6. The van der Waals surface area contributed by atoms with Gasteiger partial charge in [0.15, 0.2) is 0 Å². The molecule has 6 nitrogen and oxygen atoms in total. The van der Waals surface area contributed by atoms with E-state index in [1.807, 2.05) is 61.5 Å². The number of nitrogens with one attached hydrogen (secondary N) is 1. The smallest absolute Gasteiger partial charge is 0.261 e. The van der Waals surface area contributed by atoms with E-state index in [0.717, 1.165) is 17.1 Å². The molecule has 1 heterocycles. The van der Waals surface area contributed by atoms with E-state index < -0.39 is 0 Å². The van der Waals surface area contributed by atoms with E-state index in [4.69, 9.17) is 4.74 Å². The van der Waals surface area contributed by atoms with Gasteiger partial charge in [0.1, 0.15) is 5.75 Å².